The van der Waals surface area contributed by atoms with Gasteiger partial charge in [-0.05, 0) is 25.3 Å². The maximum absolute atomic E-state index is 11.0. The number of hydrogen-bond donors (Lipinski definition) is 1. The van der Waals surface area contributed by atoms with E-state index in [9.17, 15) is 10.1 Å². The van der Waals surface area contributed by atoms with Crippen molar-refractivity contribution in [3.05, 3.63) is 46.4 Å². The molecule has 1 atom stereocenters. The monoisotopic (exact) mass is 357 g/mol. The predicted octanol–water partition coefficient (Wildman–Crippen LogP) is 3.04. The van der Waals surface area contributed by atoms with Crippen molar-refractivity contribution in [1.29, 1.82) is 0 Å². The summed E-state index contributed by atoms with van der Waals surface area (Å²) < 4.78 is 5.14. The summed E-state index contributed by atoms with van der Waals surface area (Å²) in [6, 6.07) is 7.14. The maximum Gasteiger partial charge on any atom is 0.311 e. The molecule has 1 fully saturated rings. The Bertz CT molecular complexity index is 783. The number of nitro groups is 1. The molecule has 1 unspecified atom stereocenters. The van der Waals surface area contributed by atoms with Crippen molar-refractivity contribution >= 4 is 17.2 Å². The lowest BCUT2D eigenvalue weighted by atomic mass is 10.0. The summed E-state index contributed by atoms with van der Waals surface area (Å²) >= 11 is 0. The van der Waals surface area contributed by atoms with Gasteiger partial charge in [0.1, 0.15) is 12.1 Å². The minimum absolute atomic E-state index is 0.0311. The number of nitrogens with zero attached hydrogens (tertiary/aromatic N) is 4. The molecule has 0 saturated carbocycles. The largest absolute Gasteiger partial charge is 0.490 e. The molecule has 138 valence electrons. The van der Waals surface area contributed by atoms with E-state index in [4.69, 9.17) is 4.74 Å². The fourth-order valence-electron chi connectivity index (χ4n) is 3.21. The van der Waals surface area contributed by atoms with Crippen molar-refractivity contribution in [2.45, 2.75) is 32.2 Å². The van der Waals surface area contributed by atoms with Crippen molar-refractivity contribution in [1.82, 2.24) is 9.97 Å². The van der Waals surface area contributed by atoms with E-state index in [-0.39, 0.29) is 17.5 Å². The van der Waals surface area contributed by atoms with E-state index in [1.807, 2.05) is 6.07 Å². The third kappa shape index (κ3) is 4.01. The van der Waals surface area contributed by atoms with E-state index in [0.717, 1.165) is 49.6 Å². The zero-order chi connectivity index (χ0) is 18.5. The van der Waals surface area contributed by atoms with Gasteiger partial charge < -0.3 is 15.0 Å². The van der Waals surface area contributed by atoms with Gasteiger partial charge in [0.05, 0.1) is 12.0 Å². The number of nitro benzene ring substituents is 1. The molecule has 8 heteroatoms. The number of rotatable bonds is 6. The molecule has 1 aromatic carbocycles. The van der Waals surface area contributed by atoms with Gasteiger partial charge in [-0.25, -0.2) is 9.97 Å². The highest BCUT2D eigenvalue weighted by Crippen LogP contribution is 2.30. The Kier molecular flexibility index (Phi) is 5.50. The van der Waals surface area contributed by atoms with Gasteiger partial charge in [-0.1, -0.05) is 6.92 Å². The summed E-state index contributed by atoms with van der Waals surface area (Å²) in [5.74, 6) is 1.21. The normalized spacial score (nSPS) is 17.0. The molecule has 3 rings (SSSR count). The number of benzene rings is 1. The van der Waals surface area contributed by atoms with E-state index in [2.05, 4.69) is 27.1 Å². The molecule has 2 heterocycles. The SMILES string of the molecule is CCc1cc(N2CCCC(Nc3ccc([N+](=O)[O-])c(OC)c3)C2)ncn1. The number of aromatic nitrogens is 2. The number of hydrogen-bond acceptors (Lipinski definition) is 7. The molecule has 1 aliphatic heterocycles. The molecular formula is C18H23N5O3. The van der Waals surface area contributed by atoms with Crippen LogP contribution in [0.2, 0.25) is 0 Å². The summed E-state index contributed by atoms with van der Waals surface area (Å²) in [5, 5.41) is 14.5. The van der Waals surface area contributed by atoms with Crippen LogP contribution in [0.1, 0.15) is 25.5 Å². The van der Waals surface area contributed by atoms with Crippen LogP contribution in [0.25, 0.3) is 0 Å². The highest BCUT2D eigenvalue weighted by molar-refractivity contribution is 5.58. The van der Waals surface area contributed by atoms with Gasteiger partial charge in [0, 0.05) is 48.7 Å². The van der Waals surface area contributed by atoms with Crippen molar-refractivity contribution in [2.24, 2.45) is 0 Å². The molecule has 0 spiro atoms. The van der Waals surface area contributed by atoms with Crippen LogP contribution in [0.5, 0.6) is 5.75 Å². The van der Waals surface area contributed by atoms with Gasteiger partial charge in [0.15, 0.2) is 5.75 Å². The molecule has 26 heavy (non-hydrogen) atoms. The van der Waals surface area contributed by atoms with Crippen LogP contribution in [0.3, 0.4) is 0 Å². The molecule has 0 aliphatic carbocycles. The summed E-state index contributed by atoms with van der Waals surface area (Å²) in [6.07, 6.45) is 4.58. The molecular weight excluding hydrogens is 334 g/mol. The molecule has 1 aromatic heterocycles. The number of nitrogens with one attached hydrogen (secondary N) is 1. The Morgan fingerprint density at radius 1 is 1.38 bits per heavy atom. The highest BCUT2D eigenvalue weighted by atomic mass is 16.6. The second-order valence-electron chi connectivity index (χ2n) is 6.29. The molecule has 0 amide bonds. The van der Waals surface area contributed by atoms with Gasteiger partial charge in [-0.2, -0.15) is 0 Å². The van der Waals surface area contributed by atoms with Crippen LogP contribution in [0.4, 0.5) is 17.2 Å². The van der Waals surface area contributed by atoms with E-state index in [1.165, 1.54) is 13.2 Å². The van der Waals surface area contributed by atoms with Gasteiger partial charge in [-0.3, -0.25) is 10.1 Å². The molecule has 0 radical (unpaired) electrons. The minimum Gasteiger partial charge on any atom is -0.490 e. The number of piperidine rings is 1. The van der Waals surface area contributed by atoms with Crippen LogP contribution in [-0.2, 0) is 6.42 Å². The van der Waals surface area contributed by atoms with Crippen molar-refractivity contribution in [2.75, 3.05) is 30.4 Å². The number of anilines is 2. The summed E-state index contributed by atoms with van der Waals surface area (Å²) in [7, 11) is 1.44. The molecule has 2 aromatic rings. The van der Waals surface area contributed by atoms with Gasteiger partial charge in [-0.15, -0.1) is 0 Å². The van der Waals surface area contributed by atoms with Crippen molar-refractivity contribution < 1.29 is 9.66 Å². The van der Waals surface area contributed by atoms with E-state index in [1.54, 1.807) is 18.5 Å². The highest BCUT2D eigenvalue weighted by Gasteiger charge is 2.22. The summed E-state index contributed by atoms with van der Waals surface area (Å²) in [4.78, 5) is 21.5. The van der Waals surface area contributed by atoms with Crippen LogP contribution >= 0.6 is 0 Å². The molecule has 1 aliphatic rings. The lowest BCUT2D eigenvalue weighted by Crippen LogP contribution is -2.42. The zero-order valence-electron chi connectivity index (χ0n) is 15.0. The summed E-state index contributed by atoms with van der Waals surface area (Å²) in [6.45, 7) is 3.86. The van der Waals surface area contributed by atoms with Crippen LogP contribution in [0.15, 0.2) is 30.6 Å². The second-order valence-corrected chi connectivity index (χ2v) is 6.29. The first-order valence-electron chi connectivity index (χ1n) is 8.75. The second kappa shape index (κ2) is 7.99. The Labute approximate surface area is 152 Å². The first-order chi connectivity index (χ1) is 12.6. The van der Waals surface area contributed by atoms with Crippen molar-refractivity contribution in [3.63, 3.8) is 0 Å². The standard InChI is InChI=1S/C18H23N5O3/c1-3-13-10-18(20-12-19-13)22-8-4-5-15(11-22)21-14-6-7-16(23(24)25)17(9-14)26-2/h6-7,9-10,12,15,21H,3-5,8,11H2,1-2H3. The van der Waals surface area contributed by atoms with Gasteiger partial charge in [0.2, 0.25) is 0 Å². The molecule has 1 N–H and O–H groups in total. The van der Waals surface area contributed by atoms with Crippen molar-refractivity contribution in [3.8, 4) is 5.75 Å². The third-order valence-corrected chi connectivity index (χ3v) is 4.56. The van der Waals surface area contributed by atoms with Gasteiger partial charge >= 0.3 is 5.69 Å². The minimum atomic E-state index is -0.439. The topological polar surface area (TPSA) is 93.4 Å². The Balaban J connectivity index is 1.71. The van der Waals surface area contributed by atoms with Crippen LogP contribution in [0, 0.1) is 10.1 Å². The smallest absolute Gasteiger partial charge is 0.311 e. The average Bonchev–Trinajstić information content (AvgIpc) is 2.68. The lowest BCUT2D eigenvalue weighted by molar-refractivity contribution is -0.385. The van der Waals surface area contributed by atoms with Gasteiger partial charge in [0.25, 0.3) is 0 Å². The molecule has 8 nitrogen and oxygen atoms in total. The quantitative estimate of drug-likeness (QED) is 0.627. The number of ether oxygens (including phenoxy) is 1. The molecule has 1 saturated heterocycles. The number of aryl methyl sites for hydroxylation is 1. The van der Waals surface area contributed by atoms with Crippen LogP contribution < -0.4 is 15.0 Å². The maximum atomic E-state index is 11.0. The average molecular weight is 357 g/mol. The van der Waals surface area contributed by atoms with E-state index in [0.29, 0.717) is 0 Å². The van der Waals surface area contributed by atoms with Crippen LogP contribution in [-0.4, -0.2) is 41.1 Å². The Morgan fingerprint density at radius 2 is 2.23 bits per heavy atom. The predicted molar refractivity (Wildman–Crippen MR) is 99.9 cm³/mol. The van der Waals surface area contributed by atoms with E-state index < -0.39 is 4.92 Å². The summed E-state index contributed by atoms with van der Waals surface area (Å²) in [5.41, 5.74) is 1.82. The fourth-order valence-corrected chi connectivity index (χ4v) is 3.21. The zero-order valence-corrected chi connectivity index (χ0v) is 15.0. The van der Waals surface area contributed by atoms with E-state index >= 15 is 0 Å². The third-order valence-electron chi connectivity index (χ3n) is 4.56. The Morgan fingerprint density at radius 3 is 2.96 bits per heavy atom. The lowest BCUT2D eigenvalue weighted by Gasteiger charge is -2.34. The number of methoxy groups -OCH3 is 1. The fraction of sp³-hybridized carbons (Fsp3) is 0.444. The molecule has 0 bridgehead atoms. The Hall–Kier alpha value is -2.90. The first kappa shape index (κ1) is 17.9. The first-order valence-corrected chi connectivity index (χ1v) is 8.75.